The molecule has 4 heterocycles. The third kappa shape index (κ3) is 4.19. The summed E-state index contributed by atoms with van der Waals surface area (Å²) in [6.07, 6.45) is 0. The molecule has 0 aliphatic carbocycles. The molecule has 0 bridgehead atoms. The van der Waals surface area contributed by atoms with E-state index in [0.29, 0.717) is 0 Å². The predicted molar refractivity (Wildman–Crippen MR) is 228 cm³/mol. The highest BCUT2D eigenvalue weighted by atomic mass is 16.3. The van der Waals surface area contributed by atoms with Crippen LogP contribution in [0.4, 0.5) is 0 Å². The molecule has 0 fully saturated rings. The molecule has 0 unspecified atom stereocenters. The molecule has 0 saturated carbocycles. The largest absolute Gasteiger partial charge is 0.454 e. The van der Waals surface area contributed by atoms with Gasteiger partial charge < -0.3 is 18.1 Å². The van der Waals surface area contributed by atoms with Gasteiger partial charge in [0.1, 0.15) is 5.58 Å². The van der Waals surface area contributed by atoms with Crippen molar-refractivity contribution in [3.63, 3.8) is 0 Å². The van der Waals surface area contributed by atoms with Crippen molar-refractivity contribution in [3.8, 4) is 17.1 Å². The Morgan fingerprint density at radius 3 is 1.19 bits per heavy atom. The summed E-state index contributed by atoms with van der Waals surface area (Å²) in [4.78, 5) is 0. The average molecular weight is 694 g/mol. The molecule has 0 amide bonds. The molecule has 4 heteroatoms. The third-order valence-corrected chi connectivity index (χ3v) is 11.0. The smallest absolute Gasteiger partial charge is 0.159 e. The van der Waals surface area contributed by atoms with Crippen LogP contribution in [0.2, 0.25) is 0 Å². The van der Waals surface area contributed by atoms with Gasteiger partial charge in [-0.3, -0.25) is 0 Å². The number of rotatable bonds is 3. The lowest BCUT2D eigenvalue weighted by molar-refractivity contribution is 0.666. The molecule has 4 aromatic heterocycles. The first-order valence-corrected chi connectivity index (χ1v) is 18.8. The van der Waals surface area contributed by atoms with Gasteiger partial charge in [0.05, 0.1) is 38.8 Å². The summed E-state index contributed by atoms with van der Waals surface area (Å²) in [7, 11) is 0. The zero-order chi connectivity index (χ0) is 35.9. The quantitative estimate of drug-likeness (QED) is 0.181. The van der Waals surface area contributed by atoms with E-state index >= 15 is 0 Å². The van der Waals surface area contributed by atoms with Gasteiger partial charge in [-0.05, 0) is 72.8 Å². The fourth-order valence-corrected chi connectivity index (χ4v) is 8.85. The lowest BCUT2D eigenvalue weighted by atomic mass is 10.1. The van der Waals surface area contributed by atoms with Crippen LogP contribution < -0.4 is 0 Å². The molecule has 0 spiro atoms. The Kier molecular flexibility index (Phi) is 6.65. The maximum atomic E-state index is 6.63. The van der Waals surface area contributed by atoms with Crippen molar-refractivity contribution in [2.75, 3.05) is 0 Å². The monoisotopic (exact) mass is 693 g/mol. The minimum Gasteiger partial charge on any atom is -0.454 e. The van der Waals surface area contributed by atoms with Gasteiger partial charge in [-0.2, -0.15) is 0 Å². The van der Waals surface area contributed by atoms with Gasteiger partial charge in [0.2, 0.25) is 0 Å². The highest BCUT2D eigenvalue weighted by Crippen LogP contribution is 2.41. The Morgan fingerprint density at radius 1 is 0.315 bits per heavy atom. The molecule has 0 aliphatic rings. The molecule has 0 radical (unpaired) electrons. The van der Waals surface area contributed by atoms with Crippen LogP contribution in [0.1, 0.15) is 13.8 Å². The Balaban J connectivity index is 0.00000168. The van der Waals surface area contributed by atoms with Crippen LogP contribution in [0, 0.1) is 0 Å². The Hall–Kier alpha value is -7.04. The molecular weight excluding hydrogens is 659 g/mol. The molecule has 8 aromatic carbocycles. The van der Waals surface area contributed by atoms with Gasteiger partial charge in [0.25, 0.3) is 0 Å². The first kappa shape index (κ1) is 30.6. The molecule has 0 aliphatic heterocycles. The van der Waals surface area contributed by atoms with E-state index in [1.54, 1.807) is 0 Å². The van der Waals surface area contributed by atoms with Crippen molar-refractivity contribution in [1.82, 2.24) is 13.7 Å². The maximum absolute atomic E-state index is 6.63. The van der Waals surface area contributed by atoms with Crippen molar-refractivity contribution < 1.29 is 4.42 Å². The van der Waals surface area contributed by atoms with E-state index < -0.39 is 0 Å². The molecule has 0 N–H and O–H groups in total. The molecule has 54 heavy (non-hydrogen) atoms. The van der Waals surface area contributed by atoms with Gasteiger partial charge in [-0.1, -0.05) is 117 Å². The van der Waals surface area contributed by atoms with E-state index in [1.807, 2.05) is 19.9 Å². The molecule has 12 aromatic rings. The number of nitrogens with zero attached hydrogens (tertiary/aromatic N) is 3. The summed E-state index contributed by atoms with van der Waals surface area (Å²) >= 11 is 0. The van der Waals surface area contributed by atoms with Crippen molar-refractivity contribution in [1.29, 1.82) is 0 Å². The van der Waals surface area contributed by atoms with Crippen LogP contribution >= 0.6 is 0 Å². The van der Waals surface area contributed by atoms with Crippen molar-refractivity contribution in [2.45, 2.75) is 13.8 Å². The van der Waals surface area contributed by atoms with Gasteiger partial charge in [-0.15, -0.1) is 0 Å². The highest BCUT2D eigenvalue weighted by molar-refractivity contribution is 6.15. The fourth-order valence-electron chi connectivity index (χ4n) is 8.85. The van der Waals surface area contributed by atoms with Crippen LogP contribution in [0.3, 0.4) is 0 Å². The van der Waals surface area contributed by atoms with Crippen LogP contribution in [0.5, 0.6) is 0 Å². The second-order valence-corrected chi connectivity index (χ2v) is 13.7. The molecule has 12 rings (SSSR count). The first-order valence-electron chi connectivity index (χ1n) is 18.8. The summed E-state index contributed by atoms with van der Waals surface area (Å²) in [6, 6.07) is 63.6. The minimum absolute atomic E-state index is 0.889. The molecule has 4 nitrogen and oxygen atoms in total. The topological polar surface area (TPSA) is 27.9 Å². The third-order valence-electron chi connectivity index (χ3n) is 11.0. The van der Waals surface area contributed by atoms with Crippen LogP contribution in [0.25, 0.3) is 104 Å². The van der Waals surface area contributed by atoms with Crippen molar-refractivity contribution >= 4 is 87.4 Å². The Bertz CT molecular complexity index is 3150. The molecule has 256 valence electrons. The normalized spacial score (nSPS) is 11.9. The Labute approximate surface area is 311 Å². The van der Waals surface area contributed by atoms with Gasteiger partial charge >= 0.3 is 0 Å². The lowest BCUT2D eigenvalue weighted by Gasteiger charge is -2.11. The second kappa shape index (κ2) is 11.7. The number of hydrogen-bond acceptors (Lipinski definition) is 1. The van der Waals surface area contributed by atoms with E-state index in [4.69, 9.17) is 4.42 Å². The van der Waals surface area contributed by atoms with E-state index in [1.165, 1.54) is 54.4 Å². The molecular formula is C50H35N3O. The van der Waals surface area contributed by atoms with Crippen LogP contribution in [0.15, 0.2) is 180 Å². The van der Waals surface area contributed by atoms with Gasteiger partial charge in [-0.25, -0.2) is 0 Å². The standard InChI is InChI=1S/C48H29N3O.C2H6/c1-6-18-40-32(12-1)33-13-2-7-19-41(33)49(40)30-24-26-44-38(28-30)39-29-31(50-42-20-8-3-14-34(42)35-15-4-9-21-43(35)50)25-27-45(39)51(44)46-22-11-17-37-36-16-5-10-23-47(36)52-48(37)46;1-2/h1-29H;1-2H3. The zero-order valence-corrected chi connectivity index (χ0v) is 30.0. The summed E-state index contributed by atoms with van der Waals surface area (Å²) < 4.78 is 13.8. The maximum Gasteiger partial charge on any atom is 0.159 e. The van der Waals surface area contributed by atoms with E-state index in [-0.39, 0.29) is 0 Å². The predicted octanol–water partition coefficient (Wildman–Crippen LogP) is 13.9. The second-order valence-electron chi connectivity index (χ2n) is 13.7. The van der Waals surface area contributed by atoms with Gasteiger partial charge in [0.15, 0.2) is 5.58 Å². The van der Waals surface area contributed by atoms with E-state index in [0.717, 1.165) is 50.0 Å². The fraction of sp³-hybridized carbons (Fsp3) is 0.0400. The summed E-state index contributed by atoms with van der Waals surface area (Å²) in [5, 5.41) is 9.64. The minimum atomic E-state index is 0.889. The lowest BCUT2D eigenvalue weighted by Crippen LogP contribution is -1.96. The number of aromatic nitrogens is 3. The summed E-state index contributed by atoms with van der Waals surface area (Å²) in [6.45, 7) is 4.00. The number of benzene rings is 8. The van der Waals surface area contributed by atoms with E-state index in [2.05, 4.69) is 184 Å². The number of hydrogen-bond donors (Lipinski definition) is 0. The van der Waals surface area contributed by atoms with Gasteiger partial charge in [0, 0.05) is 54.5 Å². The SMILES string of the molecule is CC.c1ccc2c(c1)oc1c(-n3c4ccc(-n5c6ccccc6c6ccccc65)cc4c4cc(-n5c6ccccc6c6ccccc65)ccc43)cccc12. The molecule has 0 atom stereocenters. The first-order chi connectivity index (χ1) is 26.8. The van der Waals surface area contributed by atoms with Crippen LogP contribution in [-0.4, -0.2) is 13.7 Å². The number of para-hydroxylation sites is 6. The summed E-state index contributed by atoms with van der Waals surface area (Å²) in [5.41, 5.74) is 12.1. The number of fused-ring (bicyclic) bond motifs is 12. The zero-order valence-electron chi connectivity index (χ0n) is 30.0. The van der Waals surface area contributed by atoms with Crippen molar-refractivity contribution in [3.05, 3.63) is 176 Å². The van der Waals surface area contributed by atoms with Crippen LogP contribution in [-0.2, 0) is 0 Å². The highest BCUT2D eigenvalue weighted by Gasteiger charge is 2.21. The average Bonchev–Trinajstić information content (AvgIpc) is 3.98. The Morgan fingerprint density at radius 2 is 0.704 bits per heavy atom. The van der Waals surface area contributed by atoms with Crippen molar-refractivity contribution in [2.24, 2.45) is 0 Å². The van der Waals surface area contributed by atoms with E-state index in [9.17, 15) is 0 Å². The number of furan rings is 1. The molecule has 0 saturated heterocycles. The summed E-state index contributed by atoms with van der Waals surface area (Å²) in [5.74, 6) is 0.